The molecule has 21 heavy (non-hydrogen) atoms. The Hall–Kier alpha value is -1.86. The lowest BCUT2D eigenvalue weighted by Crippen LogP contribution is -2.40. The lowest BCUT2D eigenvalue weighted by atomic mass is 9.96. The highest BCUT2D eigenvalue weighted by atomic mass is 15.2. The molecule has 0 aliphatic carbocycles. The molecule has 0 spiro atoms. The number of aromatic nitrogens is 2. The van der Waals surface area contributed by atoms with E-state index in [-0.39, 0.29) is 0 Å². The largest absolute Gasteiger partial charge is 0.342 e. The van der Waals surface area contributed by atoms with Gasteiger partial charge in [0.25, 0.3) is 0 Å². The third-order valence-electron chi connectivity index (χ3n) is 4.51. The molecular weight excluding hydrogens is 260 g/mol. The maximum absolute atomic E-state index is 8.88. The molecule has 3 rings (SSSR count). The molecule has 2 atom stereocenters. The smallest absolute Gasteiger partial charge is 0.111 e. The van der Waals surface area contributed by atoms with Crippen LogP contribution in [0.5, 0.6) is 0 Å². The number of imidazole rings is 1. The quantitative estimate of drug-likeness (QED) is 0.939. The Balaban J connectivity index is 1.80. The average Bonchev–Trinajstić information content (AvgIpc) is 2.90. The van der Waals surface area contributed by atoms with Crippen molar-refractivity contribution >= 4 is 11.0 Å². The van der Waals surface area contributed by atoms with E-state index in [2.05, 4.69) is 48.0 Å². The number of likely N-dealkylation sites (tertiary alicyclic amines) is 1. The number of aryl methyl sites for hydroxylation is 1. The van der Waals surface area contributed by atoms with Crippen LogP contribution in [0.25, 0.3) is 11.0 Å². The summed E-state index contributed by atoms with van der Waals surface area (Å²) in [6.07, 6.45) is 2.96. The van der Waals surface area contributed by atoms with Crippen LogP contribution in [0.15, 0.2) is 18.2 Å². The lowest BCUT2D eigenvalue weighted by molar-refractivity contribution is 0.157. The molecule has 1 aliphatic heterocycles. The van der Waals surface area contributed by atoms with Gasteiger partial charge in [-0.05, 0) is 50.9 Å². The molecule has 1 aromatic heterocycles. The van der Waals surface area contributed by atoms with Gasteiger partial charge >= 0.3 is 0 Å². The van der Waals surface area contributed by atoms with Crippen molar-refractivity contribution in [1.29, 1.82) is 5.26 Å². The minimum atomic E-state index is 0.337. The number of hydrogen-bond donors (Lipinski definition) is 1. The third-order valence-corrected chi connectivity index (χ3v) is 4.51. The lowest BCUT2D eigenvalue weighted by Gasteiger charge is -2.35. The van der Waals surface area contributed by atoms with Crippen molar-refractivity contribution in [2.24, 2.45) is 0 Å². The van der Waals surface area contributed by atoms with Gasteiger partial charge in [0.15, 0.2) is 0 Å². The molecule has 1 fully saturated rings. The highest BCUT2D eigenvalue weighted by Gasteiger charge is 2.26. The molecule has 1 aliphatic rings. The van der Waals surface area contributed by atoms with Gasteiger partial charge in [-0.3, -0.25) is 4.90 Å². The molecule has 1 N–H and O–H groups in total. The molecule has 2 heterocycles. The monoisotopic (exact) mass is 282 g/mol. The highest BCUT2D eigenvalue weighted by Crippen LogP contribution is 2.28. The van der Waals surface area contributed by atoms with E-state index in [1.807, 2.05) is 0 Å². The molecule has 110 valence electrons. The van der Waals surface area contributed by atoms with E-state index in [0.717, 1.165) is 29.9 Å². The van der Waals surface area contributed by atoms with Crippen LogP contribution in [0.3, 0.4) is 0 Å². The molecule has 0 bridgehead atoms. The van der Waals surface area contributed by atoms with Crippen LogP contribution in [-0.2, 0) is 0 Å². The average molecular weight is 282 g/mol. The number of rotatable bonds is 3. The Morgan fingerprint density at radius 2 is 2.38 bits per heavy atom. The summed E-state index contributed by atoms with van der Waals surface area (Å²) in [5.74, 6) is 1.55. The van der Waals surface area contributed by atoms with Gasteiger partial charge in [-0.15, -0.1) is 0 Å². The van der Waals surface area contributed by atoms with Crippen LogP contribution < -0.4 is 0 Å². The number of H-pyrrole nitrogens is 1. The van der Waals surface area contributed by atoms with Gasteiger partial charge in [-0.1, -0.05) is 6.07 Å². The molecular formula is C17H22N4. The first kappa shape index (κ1) is 14.1. The van der Waals surface area contributed by atoms with Gasteiger partial charge in [0.2, 0.25) is 0 Å². The summed E-state index contributed by atoms with van der Waals surface area (Å²) in [4.78, 5) is 10.7. The molecule has 2 aromatic rings. The summed E-state index contributed by atoms with van der Waals surface area (Å²) in [6, 6.07) is 8.97. The minimum absolute atomic E-state index is 0.337. The fraction of sp³-hybridized carbons (Fsp3) is 0.529. The maximum Gasteiger partial charge on any atom is 0.111 e. The zero-order valence-corrected chi connectivity index (χ0v) is 12.8. The number of nitriles is 1. The second-order valence-corrected chi connectivity index (χ2v) is 6.19. The van der Waals surface area contributed by atoms with Gasteiger partial charge in [-0.25, -0.2) is 4.98 Å². The topological polar surface area (TPSA) is 55.7 Å². The van der Waals surface area contributed by atoms with E-state index in [1.54, 1.807) is 0 Å². The molecule has 4 heteroatoms. The Morgan fingerprint density at radius 3 is 3.19 bits per heavy atom. The summed E-state index contributed by atoms with van der Waals surface area (Å²) in [6.45, 7) is 6.35. The SMILES string of the molecule is Cc1ccc2nc([C@@H]3CCCN([C@@H](C)CC#N)C3)[nH]c2c1. The highest BCUT2D eigenvalue weighted by molar-refractivity contribution is 5.75. The first-order valence-corrected chi connectivity index (χ1v) is 7.74. The van der Waals surface area contributed by atoms with Crippen LogP contribution in [-0.4, -0.2) is 34.0 Å². The first-order chi connectivity index (χ1) is 10.2. The van der Waals surface area contributed by atoms with Crippen molar-refractivity contribution in [2.75, 3.05) is 13.1 Å². The van der Waals surface area contributed by atoms with Gasteiger partial charge in [0, 0.05) is 18.5 Å². The number of hydrogen-bond acceptors (Lipinski definition) is 3. The van der Waals surface area contributed by atoms with Crippen LogP contribution in [0.4, 0.5) is 0 Å². The van der Waals surface area contributed by atoms with Gasteiger partial charge < -0.3 is 4.98 Å². The van der Waals surface area contributed by atoms with Crippen molar-refractivity contribution in [3.05, 3.63) is 29.6 Å². The molecule has 0 saturated carbocycles. The second-order valence-electron chi connectivity index (χ2n) is 6.19. The number of nitrogens with zero attached hydrogens (tertiary/aromatic N) is 3. The fourth-order valence-electron chi connectivity index (χ4n) is 3.23. The summed E-state index contributed by atoms with van der Waals surface area (Å²) in [7, 11) is 0. The first-order valence-electron chi connectivity index (χ1n) is 7.74. The van der Waals surface area contributed by atoms with E-state index in [0.29, 0.717) is 18.4 Å². The molecule has 0 radical (unpaired) electrons. The van der Waals surface area contributed by atoms with E-state index >= 15 is 0 Å². The van der Waals surface area contributed by atoms with E-state index in [1.165, 1.54) is 18.4 Å². The van der Waals surface area contributed by atoms with Crippen molar-refractivity contribution in [2.45, 2.75) is 45.1 Å². The summed E-state index contributed by atoms with van der Waals surface area (Å²) < 4.78 is 0. The van der Waals surface area contributed by atoms with Crippen LogP contribution in [0.1, 0.15) is 43.5 Å². The normalized spacial score (nSPS) is 21.3. The molecule has 0 unspecified atom stereocenters. The van der Waals surface area contributed by atoms with Crippen molar-refractivity contribution in [1.82, 2.24) is 14.9 Å². The Kier molecular flexibility index (Phi) is 3.94. The minimum Gasteiger partial charge on any atom is -0.342 e. The van der Waals surface area contributed by atoms with Crippen LogP contribution in [0, 0.1) is 18.3 Å². The van der Waals surface area contributed by atoms with Crippen molar-refractivity contribution in [3.63, 3.8) is 0 Å². The number of benzene rings is 1. The maximum atomic E-state index is 8.88. The van der Waals surface area contributed by atoms with Gasteiger partial charge in [-0.2, -0.15) is 5.26 Å². The zero-order valence-electron chi connectivity index (χ0n) is 12.8. The number of fused-ring (bicyclic) bond motifs is 1. The van der Waals surface area contributed by atoms with E-state index < -0.39 is 0 Å². The number of aromatic amines is 1. The summed E-state index contributed by atoms with van der Waals surface area (Å²) >= 11 is 0. The predicted molar refractivity (Wildman–Crippen MR) is 84.1 cm³/mol. The van der Waals surface area contributed by atoms with Gasteiger partial charge in [0.05, 0.1) is 23.5 Å². The molecule has 0 amide bonds. The molecule has 1 aromatic carbocycles. The Bertz CT molecular complexity index is 667. The standard InChI is InChI=1S/C17H22N4/c1-12-5-6-15-16(10-12)20-17(19-15)14-4-3-9-21(11-14)13(2)7-8-18/h5-6,10,13-14H,3-4,7,9,11H2,1-2H3,(H,19,20)/t13-,14+/m0/s1. The van der Waals surface area contributed by atoms with Crippen LogP contribution >= 0.6 is 0 Å². The summed E-state index contributed by atoms with van der Waals surface area (Å²) in [5, 5.41) is 8.88. The van der Waals surface area contributed by atoms with Crippen molar-refractivity contribution in [3.8, 4) is 6.07 Å². The Labute approximate surface area is 125 Å². The predicted octanol–water partition coefficient (Wildman–Crippen LogP) is 3.35. The fourth-order valence-corrected chi connectivity index (χ4v) is 3.23. The molecule has 4 nitrogen and oxygen atoms in total. The number of piperidine rings is 1. The van der Waals surface area contributed by atoms with Crippen LogP contribution in [0.2, 0.25) is 0 Å². The summed E-state index contributed by atoms with van der Waals surface area (Å²) in [5.41, 5.74) is 3.44. The van der Waals surface area contributed by atoms with Gasteiger partial charge in [0.1, 0.15) is 5.82 Å². The second kappa shape index (κ2) is 5.87. The number of nitrogens with one attached hydrogen (secondary N) is 1. The van der Waals surface area contributed by atoms with E-state index in [9.17, 15) is 0 Å². The van der Waals surface area contributed by atoms with E-state index in [4.69, 9.17) is 10.2 Å². The third kappa shape index (κ3) is 2.93. The van der Waals surface area contributed by atoms with Crippen molar-refractivity contribution < 1.29 is 0 Å². The Morgan fingerprint density at radius 1 is 1.52 bits per heavy atom. The molecule has 1 saturated heterocycles. The zero-order chi connectivity index (χ0) is 14.8.